The zero-order chi connectivity index (χ0) is 25.7. The predicted molar refractivity (Wildman–Crippen MR) is 144 cm³/mol. The lowest BCUT2D eigenvalue weighted by Gasteiger charge is -2.29. The molecule has 0 spiro atoms. The van der Waals surface area contributed by atoms with Crippen LogP contribution in [0.2, 0.25) is 5.02 Å². The van der Waals surface area contributed by atoms with Crippen molar-refractivity contribution < 1.29 is 14.0 Å². The third-order valence-electron chi connectivity index (χ3n) is 7.72. The van der Waals surface area contributed by atoms with Gasteiger partial charge in [-0.2, -0.15) is 0 Å². The maximum atomic E-state index is 14.9. The second-order valence-electron chi connectivity index (χ2n) is 9.97. The van der Waals surface area contributed by atoms with E-state index in [-0.39, 0.29) is 11.8 Å². The normalized spacial score (nSPS) is 18.5. The number of benzene rings is 2. The lowest BCUT2D eigenvalue weighted by Crippen LogP contribution is -2.42. The minimum atomic E-state index is -0.453. The van der Waals surface area contributed by atoms with E-state index in [0.29, 0.717) is 45.1 Å². The second-order valence-corrected chi connectivity index (χ2v) is 10.4. The van der Waals surface area contributed by atoms with E-state index in [1.807, 2.05) is 11.8 Å². The number of fused-ring (bicyclic) bond motifs is 2. The fraction of sp³-hybridized carbons (Fsp3) is 0.310. The highest BCUT2D eigenvalue weighted by atomic mass is 35.5. The number of carbonyl (C=O) groups is 2. The number of anilines is 1. The first kappa shape index (κ1) is 23.9. The van der Waals surface area contributed by atoms with Crippen LogP contribution in [0.5, 0.6) is 0 Å². The number of carbonyl (C=O) groups excluding carboxylic acids is 2. The molecule has 1 aromatic heterocycles. The molecule has 0 atom stereocenters. The number of H-pyrrole nitrogens is 1. The summed E-state index contributed by atoms with van der Waals surface area (Å²) in [7, 11) is 0. The first-order valence-corrected chi connectivity index (χ1v) is 13.1. The number of rotatable bonds is 5. The third-order valence-corrected chi connectivity index (χ3v) is 7.96. The Morgan fingerprint density at radius 1 is 1.03 bits per heavy atom. The van der Waals surface area contributed by atoms with Crippen LogP contribution in [-0.2, 0) is 11.2 Å². The summed E-state index contributed by atoms with van der Waals surface area (Å²) in [6, 6.07) is 9.93. The Kier molecular flexibility index (Phi) is 6.13. The van der Waals surface area contributed by atoms with Crippen molar-refractivity contribution in [1.82, 2.24) is 14.8 Å². The Balaban J connectivity index is 1.35. The average Bonchev–Trinajstić information content (AvgIpc) is 3.58. The fourth-order valence-corrected chi connectivity index (χ4v) is 5.91. The molecule has 6 nitrogen and oxygen atoms in total. The van der Waals surface area contributed by atoms with Crippen molar-refractivity contribution in [3.8, 4) is 11.1 Å². The van der Waals surface area contributed by atoms with Crippen LogP contribution in [0.25, 0.3) is 22.8 Å². The van der Waals surface area contributed by atoms with Crippen molar-refractivity contribution in [3.63, 3.8) is 0 Å². The van der Waals surface area contributed by atoms with E-state index in [0.717, 1.165) is 49.6 Å². The fourth-order valence-electron chi connectivity index (χ4n) is 5.75. The van der Waals surface area contributed by atoms with Gasteiger partial charge in [0.1, 0.15) is 5.82 Å². The summed E-state index contributed by atoms with van der Waals surface area (Å²) in [5.41, 5.74) is 5.83. The molecule has 37 heavy (non-hydrogen) atoms. The van der Waals surface area contributed by atoms with Crippen LogP contribution in [-0.4, -0.2) is 59.3 Å². The van der Waals surface area contributed by atoms with E-state index < -0.39 is 5.82 Å². The quantitative estimate of drug-likeness (QED) is 0.446. The topological polar surface area (TPSA) is 68.4 Å². The number of aromatic amines is 1. The summed E-state index contributed by atoms with van der Waals surface area (Å²) < 4.78 is 14.9. The van der Waals surface area contributed by atoms with Crippen LogP contribution in [0.15, 0.2) is 36.4 Å². The van der Waals surface area contributed by atoms with Gasteiger partial charge in [-0.05, 0) is 74.3 Å². The second kappa shape index (κ2) is 9.47. The minimum absolute atomic E-state index is 0.0408. The molecular weight excluding hydrogens is 491 g/mol. The molecule has 190 valence electrons. The Hall–Kier alpha value is -3.42. The van der Waals surface area contributed by atoms with Crippen LogP contribution < -0.4 is 5.32 Å². The molecule has 6 rings (SSSR count). The van der Waals surface area contributed by atoms with Crippen molar-refractivity contribution >= 4 is 40.8 Å². The number of aromatic nitrogens is 1. The van der Waals surface area contributed by atoms with Crippen molar-refractivity contribution in [1.29, 1.82) is 0 Å². The molecule has 2 N–H and O–H groups in total. The molecule has 8 heteroatoms. The average molecular weight is 519 g/mol. The number of halogens is 2. The van der Waals surface area contributed by atoms with Crippen molar-refractivity contribution in [2.45, 2.75) is 26.2 Å². The van der Waals surface area contributed by atoms with E-state index >= 15 is 0 Å². The molecule has 2 amide bonds. The molecule has 0 bridgehead atoms. The van der Waals surface area contributed by atoms with Gasteiger partial charge >= 0.3 is 0 Å². The number of hydrogen-bond donors (Lipinski definition) is 2. The van der Waals surface area contributed by atoms with Gasteiger partial charge in [0.25, 0.3) is 11.8 Å². The largest absolute Gasteiger partial charge is 0.358 e. The molecule has 0 radical (unpaired) electrons. The van der Waals surface area contributed by atoms with Crippen molar-refractivity contribution in [3.05, 3.63) is 75.3 Å². The molecule has 1 saturated heterocycles. The van der Waals surface area contributed by atoms with Crippen LogP contribution in [0.1, 0.15) is 45.7 Å². The van der Waals surface area contributed by atoms with Gasteiger partial charge in [0, 0.05) is 59.3 Å². The number of amides is 2. The standard InChI is InChI=1S/C29H28ClFN4O2/c1-17-25(32-24-9-12-35(29(37)26(17)24)14-13-34-10-2-3-11-34)16-21-27-20(5-4-6-23(27)33-28(21)36)19-8-7-18(30)15-22(19)31/h4-8,15-16,32H,2-3,9-14H2,1H3,(H,33,36)/b21-16-. The SMILES string of the molecule is Cc1c(/C=C2\C(=O)Nc3cccc(-c4ccc(Cl)cc4F)c32)[nH]c2c1C(=O)N(CCN1CCCC1)CC2. The van der Waals surface area contributed by atoms with Crippen LogP contribution in [0, 0.1) is 12.7 Å². The molecule has 1 fully saturated rings. The summed E-state index contributed by atoms with van der Waals surface area (Å²) in [5.74, 6) is -0.674. The van der Waals surface area contributed by atoms with E-state index in [1.54, 1.807) is 36.4 Å². The Labute approximate surface area is 220 Å². The first-order chi connectivity index (χ1) is 17.9. The lowest BCUT2D eigenvalue weighted by molar-refractivity contribution is -0.110. The molecule has 2 aromatic carbocycles. The smallest absolute Gasteiger partial charge is 0.256 e. The maximum absolute atomic E-state index is 14.9. The number of likely N-dealkylation sites (tertiary alicyclic amines) is 1. The van der Waals surface area contributed by atoms with Crippen molar-refractivity contribution in [2.24, 2.45) is 0 Å². The molecular formula is C29H28ClFN4O2. The van der Waals surface area contributed by atoms with E-state index in [2.05, 4.69) is 15.2 Å². The Morgan fingerprint density at radius 3 is 2.62 bits per heavy atom. The summed E-state index contributed by atoms with van der Waals surface area (Å²) in [6.07, 6.45) is 5.00. The summed E-state index contributed by atoms with van der Waals surface area (Å²) in [5, 5.41) is 3.21. The van der Waals surface area contributed by atoms with Gasteiger partial charge in [0.05, 0.1) is 11.1 Å². The van der Waals surface area contributed by atoms with Crippen LogP contribution in [0.4, 0.5) is 10.1 Å². The molecule has 0 unspecified atom stereocenters. The van der Waals surface area contributed by atoms with E-state index in [1.165, 1.54) is 18.9 Å². The van der Waals surface area contributed by atoms with Gasteiger partial charge in [0.15, 0.2) is 0 Å². The van der Waals surface area contributed by atoms with Crippen LogP contribution >= 0.6 is 11.6 Å². The molecule has 0 aliphatic carbocycles. The lowest BCUT2D eigenvalue weighted by atomic mass is 9.93. The molecule has 3 aromatic rings. The molecule has 4 heterocycles. The highest BCUT2D eigenvalue weighted by Crippen LogP contribution is 2.42. The Bertz CT molecular complexity index is 1450. The van der Waals surface area contributed by atoms with Gasteiger partial charge in [-0.3, -0.25) is 9.59 Å². The number of nitrogens with zero attached hydrogens (tertiary/aromatic N) is 2. The van der Waals surface area contributed by atoms with Crippen molar-refractivity contribution in [2.75, 3.05) is 38.0 Å². The maximum Gasteiger partial charge on any atom is 0.256 e. The monoisotopic (exact) mass is 518 g/mol. The molecule has 0 saturated carbocycles. The molecule has 3 aliphatic heterocycles. The minimum Gasteiger partial charge on any atom is -0.358 e. The predicted octanol–water partition coefficient (Wildman–Crippen LogP) is 5.37. The van der Waals surface area contributed by atoms with Crippen LogP contribution in [0.3, 0.4) is 0 Å². The summed E-state index contributed by atoms with van der Waals surface area (Å²) in [6.45, 7) is 6.45. The van der Waals surface area contributed by atoms with E-state index in [9.17, 15) is 14.0 Å². The first-order valence-electron chi connectivity index (χ1n) is 12.8. The van der Waals surface area contributed by atoms with E-state index in [4.69, 9.17) is 11.6 Å². The zero-order valence-corrected chi connectivity index (χ0v) is 21.4. The highest BCUT2D eigenvalue weighted by molar-refractivity contribution is 6.36. The van der Waals surface area contributed by atoms with Gasteiger partial charge in [-0.25, -0.2) is 4.39 Å². The third kappa shape index (κ3) is 4.26. The highest BCUT2D eigenvalue weighted by Gasteiger charge is 2.32. The zero-order valence-electron chi connectivity index (χ0n) is 20.7. The summed E-state index contributed by atoms with van der Waals surface area (Å²) >= 11 is 5.97. The number of nitrogens with one attached hydrogen (secondary N) is 2. The Morgan fingerprint density at radius 2 is 1.84 bits per heavy atom. The molecule has 3 aliphatic rings. The van der Waals surface area contributed by atoms with Gasteiger partial charge in [-0.1, -0.05) is 23.7 Å². The van der Waals surface area contributed by atoms with Gasteiger partial charge in [0.2, 0.25) is 0 Å². The van der Waals surface area contributed by atoms with Gasteiger partial charge in [-0.15, -0.1) is 0 Å². The number of hydrogen-bond acceptors (Lipinski definition) is 3. The van der Waals surface area contributed by atoms with Gasteiger partial charge < -0.3 is 20.1 Å². The summed E-state index contributed by atoms with van der Waals surface area (Å²) in [4.78, 5) is 34.2.